The number of amides is 1. The van der Waals surface area contributed by atoms with Gasteiger partial charge in [-0.1, -0.05) is 24.3 Å². The van der Waals surface area contributed by atoms with E-state index in [-0.39, 0.29) is 11.7 Å². The van der Waals surface area contributed by atoms with Gasteiger partial charge in [0, 0.05) is 38.3 Å². The molecule has 2 heterocycles. The van der Waals surface area contributed by atoms with Crippen molar-refractivity contribution in [3.05, 3.63) is 71.7 Å². The van der Waals surface area contributed by atoms with Crippen LogP contribution < -0.4 is 4.74 Å². The van der Waals surface area contributed by atoms with Gasteiger partial charge in [0.05, 0.1) is 12.8 Å². The minimum atomic E-state index is -0.220. The average Bonchev–Trinajstić information content (AvgIpc) is 3.24. The molecule has 1 amide bonds. The summed E-state index contributed by atoms with van der Waals surface area (Å²) in [7, 11) is 1.62. The van der Waals surface area contributed by atoms with Gasteiger partial charge in [-0.15, -0.1) is 0 Å². The van der Waals surface area contributed by atoms with E-state index < -0.39 is 0 Å². The Morgan fingerprint density at radius 1 is 1.10 bits per heavy atom. The number of carbonyl (C=O) groups is 1. The highest BCUT2D eigenvalue weighted by Crippen LogP contribution is 2.23. The summed E-state index contributed by atoms with van der Waals surface area (Å²) in [6, 6.07) is 16.0. The van der Waals surface area contributed by atoms with E-state index in [4.69, 9.17) is 4.74 Å². The molecule has 0 radical (unpaired) electrons. The molecule has 1 saturated heterocycles. The van der Waals surface area contributed by atoms with E-state index in [0.29, 0.717) is 31.0 Å². The lowest BCUT2D eigenvalue weighted by Gasteiger charge is -2.34. The molecule has 6 nitrogen and oxygen atoms in total. The first-order valence-corrected chi connectivity index (χ1v) is 9.58. The summed E-state index contributed by atoms with van der Waals surface area (Å²) < 4.78 is 18.6. The number of ether oxygens (including phenoxy) is 1. The van der Waals surface area contributed by atoms with Crippen LogP contribution in [0.1, 0.15) is 16.1 Å². The molecule has 2 aromatic carbocycles. The molecular weight excluding hydrogens is 371 g/mol. The molecule has 150 valence electrons. The van der Waals surface area contributed by atoms with Gasteiger partial charge in [-0.3, -0.25) is 14.8 Å². The summed E-state index contributed by atoms with van der Waals surface area (Å²) in [5, 5.41) is 7.14. The van der Waals surface area contributed by atoms with Gasteiger partial charge in [0.1, 0.15) is 17.3 Å². The molecule has 1 fully saturated rings. The first kappa shape index (κ1) is 19.1. The molecule has 0 atom stereocenters. The summed E-state index contributed by atoms with van der Waals surface area (Å²) in [6.45, 7) is 3.44. The number of methoxy groups -OCH3 is 1. The Labute approximate surface area is 168 Å². The van der Waals surface area contributed by atoms with Gasteiger partial charge in [0.15, 0.2) is 0 Å². The smallest absolute Gasteiger partial charge is 0.271 e. The lowest BCUT2D eigenvalue weighted by atomic mass is 10.1. The predicted molar refractivity (Wildman–Crippen MR) is 108 cm³/mol. The molecule has 0 aliphatic carbocycles. The minimum Gasteiger partial charge on any atom is -0.497 e. The molecule has 7 heteroatoms. The number of halogens is 1. The van der Waals surface area contributed by atoms with E-state index in [0.717, 1.165) is 30.0 Å². The zero-order valence-corrected chi connectivity index (χ0v) is 16.3. The lowest BCUT2D eigenvalue weighted by molar-refractivity contribution is 0.0622. The number of aromatic amines is 1. The second kappa shape index (κ2) is 8.45. The lowest BCUT2D eigenvalue weighted by Crippen LogP contribution is -2.48. The molecule has 0 unspecified atom stereocenters. The molecule has 3 aromatic rings. The van der Waals surface area contributed by atoms with Crippen LogP contribution in [0.25, 0.3) is 11.3 Å². The van der Waals surface area contributed by atoms with Crippen molar-refractivity contribution in [2.24, 2.45) is 0 Å². The third kappa shape index (κ3) is 4.46. The van der Waals surface area contributed by atoms with Crippen molar-refractivity contribution in [3.63, 3.8) is 0 Å². The molecule has 1 aromatic heterocycles. The molecule has 0 spiro atoms. The van der Waals surface area contributed by atoms with Crippen molar-refractivity contribution >= 4 is 5.91 Å². The number of aromatic nitrogens is 2. The maximum absolute atomic E-state index is 13.4. The van der Waals surface area contributed by atoms with Crippen molar-refractivity contribution < 1.29 is 13.9 Å². The van der Waals surface area contributed by atoms with Crippen molar-refractivity contribution in [1.82, 2.24) is 20.0 Å². The highest BCUT2D eigenvalue weighted by Gasteiger charge is 2.23. The molecule has 29 heavy (non-hydrogen) atoms. The standard InChI is InChI=1S/C22H23FN4O2/c1-29-19-7-3-5-17(13-19)20-14-21(25-24-20)22(28)27-10-8-26(9-11-27)15-16-4-2-6-18(23)12-16/h2-7,12-14H,8-11,15H2,1H3,(H,24,25). The SMILES string of the molecule is COc1cccc(-c2cc(C(=O)N3CCN(Cc4cccc(F)c4)CC3)[nH]n2)c1. The van der Waals surface area contributed by atoms with Gasteiger partial charge in [0.25, 0.3) is 5.91 Å². The highest BCUT2D eigenvalue weighted by molar-refractivity contribution is 5.93. The number of piperazine rings is 1. The van der Waals surface area contributed by atoms with Crippen LogP contribution >= 0.6 is 0 Å². The van der Waals surface area contributed by atoms with Crippen molar-refractivity contribution in [2.45, 2.75) is 6.54 Å². The van der Waals surface area contributed by atoms with Crippen LogP contribution in [0.15, 0.2) is 54.6 Å². The fourth-order valence-corrected chi connectivity index (χ4v) is 3.53. The molecule has 0 bridgehead atoms. The fraction of sp³-hybridized carbons (Fsp3) is 0.273. The van der Waals surface area contributed by atoms with Crippen LogP contribution in [0, 0.1) is 5.82 Å². The van der Waals surface area contributed by atoms with Crippen molar-refractivity contribution in [3.8, 4) is 17.0 Å². The molecule has 0 saturated carbocycles. The Hall–Kier alpha value is -3.19. The Kier molecular flexibility index (Phi) is 5.57. The van der Waals surface area contributed by atoms with Crippen LogP contribution in [-0.2, 0) is 6.54 Å². The van der Waals surface area contributed by atoms with E-state index >= 15 is 0 Å². The van der Waals surface area contributed by atoms with E-state index in [1.165, 1.54) is 6.07 Å². The van der Waals surface area contributed by atoms with Crippen LogP contribution in [-0.4, -0.2) is 59.2 Å². The summed E-state index contributed by atoms with van der Waals surface area (Å²) in [5.74, 6) is 0.465. The number of hydrogen-bond donors (Lipinski definition) is 1. The Morgan fingerprint density at radius 3 is 2.66 bits per heavy atom. The van der Waals surface area contributed by atoms with E-state index in [1.807, 2.05) is 35.2 Å². The van der Waals surface area contributed by atoms with Gasteiger partial charge in [-0.25, -0.2) is 4.39 Å². The van der Waals surface area contributed by atoms with Gasteiger partial charge in [-0.2, -0.15) is 5.10 Å². The normalized spacial score (nSPS) is 14.8. The number of carbonyl (C=O) groups excluding carboxylic acids is 1. The second-order valence-corrected chi connectivity index (χ2v) is 7.10. The molecule has 1 aliphatic heterocycles. The van der Waals surface area contributed by atoms with Gasteiger partial charge < -0.3 is 9.64 Å². The third-order valence-electron chi connectivity index (χ3n) is 5.13. The summed E-state index contributed by atoms with van der Waals surface area (Å²) in [4.78, 5) is 16.9. The number of hydrogen-bond acceptors (Lipinski definition) is 4. The van der Waals surface area contributed by atoms with Crippen molar-refractivity contribution in [2.75, 3.05) is 33.3 Å². The first-order chi connectivity index (χ1) is 14.1. The van der Waals surface area contributed by atoms with E-state index in [1.54, 1.807) is 25.3 Å². The largest absolute Gasteiger partial charge is 0.497 e. The average molecular weight is 394 g/mol. The van der Waals surface area contributed by atoms with Gasteiger partial charge >= 0.3 is 0 Å². The Morgan fingerprint density at radius 2 is 1.90 bits per heavy atom. The maximum Gasteiger partial charge on any atom is 0.271 e. The second-order valence-electron chi connectivity index (χ2n) is 7.10. The quantitative estimate of drug-likeness (QED) is 0.722. The van der Waals surface area contributed by atoms with Crippen molar-refractivity contribution in [1.29, 1.82) is 0 Å². The number of benzene rings is 2. The van der Waals surface area contributed by atoms with Gasteiger partial charge in [-0.05, 0) is 35.9 Å². The topological polar surface area (TPSA) is 61.5 Å². The molecule has 4 rings (SSSR count). The number of nitrogens with one attached hydrogen (secondary N) is 1. The van der Waals surface area contributed by atoms with Crippen LogP contribution in [0.5, 0.6) is 5.75 Å². The van der Waals surface area contributed by atoms with Crippen LogP contribution in [0.2, 0.25) is 0 Å². The monoisotopic (exact) mass is 394 g/mol. The minimum absolute atomic E-state index is 0.0583. The zero-order valence-electron chi connectivity index (χ0n) is 16.3. The third-order valence-corrected chi connectivity index (χ3v) is 5.13. The number of rotatable bonds is 5. The maximum atomic E-state index is 13.4. The Balaban J connectivity index is 1.37. The predicted octanol–water partition coefficient (Wildman–Crippen LogP) is 3.18. The molecule has 1 aliphatic rings. The van der Waals surface area contributed by atoms with E-state index in [9.17, 15) is 9.18 Å². The van der Waals surface area contributed by atoms with Crippen LogP contribution in [0.4, 0.5) is 4.39 Å². The fourth-order valence-electron chi connectivity index (χ4n) is 3.53. The Bertz CT molecular complexity index is 996. The van der Waals surface area contributed by atoms with E-state index in [2.05, 4.69) is 15.1 Å². The summed E-state index contributed by atoms with van der Waals surface area (Å²) in [6.07, 6.45) is 0. The number of nitrogens with zero attached hydrogens (tertiary/aromatic N) is 3. The van der Waals surface area contributed by atoms with Gasteiger partial charge in [0.2, 0.25) is 0 Å². The van der Waals surface area contributed by atoms with Crippen LogP contribution in [0.3, 0.4) is 0 Å². The summed E-state index contributed by atoms with van der Waals surface area (Å²) >= 11 is 0. The first-order valence-electron chi connectivity index (χ1n) is 9.58. The molecule has 1 N–H and O–H groups in total. The zero-order chi connectivity index (χ0) is 20.2. The molecular formula is C22H23FN4O2. The number of H-pyrrole nitrogens is 1. The highest BCUT2D eigenvalue weighted by atomic mass is 19.1. The summed E-state index contributed by atoms with van der Waals surface area (Å²) in [5.41, 5.74) is 3.01.